The molecule has 0 aliphatic heterocycles. The van der Waals surface area contributed by atoms with E-state index in [4.69, 9.17) is 9.57 Å². The van der Waals surface area contributed by atoms with Gasteiger partial charge in [-0.2, -0.15) is 10.6 Å². The SMILES string of the molecule is C/C=C(/C(=O)NCc1ccc(ONC)cc1OC)c1cnn(-c2ccc(C)cc2)c1/C=C(\C)CC. The van der Waals surface area contributed by atoms with Crippen molar-refractivity contribution in [3.8, 4) is 17.2 Å². The van der Waals surface area contributed by atoms with Gasteiger partial charge in [0.1, 0.15) is 5.75 Å². The van der Waals surface area contributed by atoms with Crippen molar-refractivity contribution in [1.82, 2.24) is 20.6 Å². The van der Waals surface area contributed by atoms with Crippen LogP contribution in [0.1, 0.15) is 49.6 Å². The van der Waals surface area contributed by atoms with Crippen LogP contribution in [0.25, 0.3) is 17.3 Å². The largest absolute Gasteiger partial charge is 0.496 e. The van der Waals surface area contributed by atoms with Gasteiger partial charge >= 0.3 is 0 Å². The van der Waals surface area contributed by atoms with E-state index in [2.05, 4.69) is 54.9 Å². The fourth-order valence-corrected chi connectivity index (χ4v) is 3.66. The molecule has 0 bridgehead atoms. The second-order valence-corrected chi connectivity index (χ2v) is 8.20. The van der Waals surface area contributed by atoms with Gasteiger partial charge in [-0.25, -0.2) is 4.68 Å². The summed E-state index contributed by atoms with van der Waals surface area (Å²) in [5.74, 6) is 1.08. The van der Waals surface area contributed by atoms with E-state index in [-0.39, 0.29) is 5.91 Å². The molecular weight excluding hydrogens is 440 g/mol. The monoisotopic (exact) mass is 474 g/mol. The van der Waals surface area contributed by atoms with E-state index in [0.717, 1.165) is 28.9 Å². The van der Waals surface area contributed by atoms with E-state index in [1.165, 1.54) is 11.1 Å². The normalized spacial score (nSPS) is 11.9. The number of ether oxygens (including phenoxy) is 1. The van der Waals surface area contributed by atoms with Crippen molar-refractivity contribution in [2.45, 2.75) is 40.7 Å². The Bertz CT molecular complexity index is 1220. The lowest BCUT2D eigenvalue weighted by atomic mass is 10.0. The fourth-order valence-electron chi connectivity index (χ4n) is 3.66. The summed E-state index contributed by atoms with van der Waals surface area (Å²) in [6.45, 7) is 8.42. The highest BCUT2D eigenvalue weighted by atomic mass is 16.6. The van der Waals surface area contributed by atoms with Crippen molar-refractivity contribution in [2.24, 2.45) is 0 Å². The van der Waals surface area contributed by atoms with Gasteiger partial charge in [0.25, 0.3) is 5.91 Å². The molecule has 184 valence electrons. The van der Waals surface area contributed by atoms with Gasteiger partial charge in [-0.15, -0.1) is 0 Å². The number of methoxy groups -OCH3 is 1. The molecule has 1 aromatic heterocycles. The molecule has 0 spiro atoms. The topological polar surface area (TPSA) is 77.4 Å². The third-order valence-corrected chi connectivity index (χ3v) is 5.77. The predicted molar refractivity (Wildman–Crippen MR) is 140 cm³/mol. The highest BCUT2D eigenvalue weighted by Gasteiger charge is 2.20. The number of rotatable bonds is 10. The predicted octanol–water partition coefficient (Wildman–Crippen LogP) is 5.24. The second-order valence-electron chi connectivity index (χ2n) is 8.20. The van der Waals surface area contributed by atoms with Gasteiger partial charge in [-0.3, -0.25) is 4.79 Å². The lowest BCUT2D eigenvalue weighted by molar-refractivity contribution is -0.115. The first-order chi connectivity index (χ1) is 16.9. The van der Waals surface area contributed by atoms with Gasteiger partial charge in [-0.1, -0.05) is 36.3 Å². The number of nitrogens with one attached hydrogen (secondary N) is 2. The molecule has 3 rings (SSSR count). The van der Waals surface area contributed by atoms with Gasteiger partial charge in [0.2, 0.25) is 0 Å². The molecule has 0 saturated heterocycles. The van der Waals surface area contributed by atoms with Crippen LogP contribution in [0.5, 0.6) is 11.5 Å². The molecule has 0 aliphatic rings. The summed E-state index contributed by atoms with van der Waals surface area (Å²) in [6, 6.07) is 13.6. The lowest BCUT2D eigenvalue weighted by Crippen LogP contribution is -2.24. The molecule has 0 unspecified atom stereocenters. The zero-order chi connectivity index (χ0) is 25.4. The minimum absolute atomic E-state index is 0.183. The van der Waals surface area contributed by atoms with Crippen molar-refractivity contribution < 1.29 is 14.4 Å². The van der Waals surface area contributed by atoms with E-state index in [1.807, 2.05) is 41.9 Å². The number of hydrogen-bond acceptors (Lipinski definition) is 5. The van der Waals surface area contributed by atoms with Crippen LogP contribution in [0.15, 0.2) is 60.3 Å². The fraction of sp³-hybridized carbons (Fsp3) is 0.286. The number of hydroxylamine groups is 1. The molecule has 0 aliphatic carbocycles. The first-order valence-corrected chi connectivity index (χ1v) is 11.7. The number of carbonyl (C=O) groups is 1. The molecule has 0 fully saturated rings. The first kappa shape index (κ1) is 25.8. The van der Waals surface area contributed by atoms with Gasteiger partial charge < -0.3 is 14.9 Å². The number of benzene rings is 2. The quantitative estimate of drug-likeness (QED) is 0.311. The van der Waals surface area contributed by atoms with Crippen molar-refractivity contribution >= 4 is 17.6 Å². The van der Waals surface area contributed by atoms with Crippen molar-refractivity contribution in [3.05, 3.63) is 82.7 Å². The maximum atomic E-state index is 13.3. The molecule has 1 heterocycles. The molecule has 0 radical (unpaired) electrons. The standard InChI is InChI=1S/C28H34N4O3/c1-7-19(3)15-26-25(18-31-32(26)22-12-9-20(4)10-13-22)24(8-2)28(33)30-17-21-11-14-23(35-29-5)16-27(21)34-6/h8-16,18,29H,7,17H2,1-6H3,(H,30,33)/b19-15+,24-8+. The van der Waals surface area contributed by atoms with Crippen LogP contribution in [-0.4, -0.2) is 29.8 Å². The number of allylic oxidation sites excluding steroid dienone is 2. The molecule has 35 heavy (non-hydrogen) atoms. The van der Waals surface area contributed by atoms with E-state index in [1.54, 1.807) is 26.4 Å². The average molecular weight is 475 g/mol. The Morgan fingerprint density at radius 2 is 1.91 bits per heavy atom. The maximum absolute atomic E-state index is 13.3. The maximum Gasteiger partial charge on any atom is 0.251 e. The highest BCUT2D eigenvalue weighted by molar-refractivity contribution is 6.20. The number of hydrogen-bond donors (Lipinski definition) is 2. The number of aromatic nitrogens is 2. The van der Waals surface area contributed by atoms with Crippen LogP contribution < -0.4 is 20.4 Å². The van der Waals surface area contributed by atoms with Gasteiger partial charge in [0.05, 0.1) is 24.7 Å². The first-order valence-electron chi connectivity index (χ1n) is 11.7. The van der Waals surface area contributed by atoms with Crippen molar-refractivity contribution in [1.29, 1.82) is 0 Å². The molecule has 2 aromatic carbocycles. The zero-order valence-corrected chi connectivity index (χ0v) is 21.3. The molecule has 1 amide bonds. The Morgan fingerprint density at radius 1 is 1.17 bits per heavy atom. The van der Waals surface area contributed by atoms with Crippen LogP contribution in [0.2, 0.25) is 0 Å². The molecular formula is C28H34N4O3. The minimum atomic E-state index is -0.183. The second kappa shape index (κ2) is 12.0. The number of nitrogens with zero attached hydrogens (tertiary/aromatic N) is 2. The Kier molecular flexibility index (Phi) is 8.86. The third kappa shape index (κ3) is 6.19. The average Bonchev–Trinajstić information content (AvgIpc) is 3.27. The van der Waals surface area contributed by atoms with Crippen LogP contribution in [0.4, 0.5) is 0 Å². The van der Waals surface area contributed by atoms with Crippen LogP contribution in [0, 0.1) is 6.92 Å². The summed E-state index contributed by atoms with van der Waals surface area (Å²) in [5, 5.41) is 7.66. The minimum Gasteiger partial charge on any atom is -0.496 e. The van der Waals surface area contributed by atoms with E-state index < -0.39 is 0 Å². The van der Waals surface area contributed by atoms with Crippen molar-refractivity contribution in [2.75, 3.05) is 14.2 Å². The van der Waals surface area contributed by atoms with Gasteiger partial charge in [0.15, 0.2) is 5.75 Å². The Morgan fingerprint density at radius 3 is 2.54 bits per heavy atom. The van der Waals surface area contributed by atoms with Crippen LogP contribution in [0.3, 0.4) is 0 Å². The molecule has 0 atom stereocenters. The number of aryl methyl sites for hydroxylation is 1. The summed E-state index contributed by atoms with van der Waals surface area (Å²) in [5.41, 5.74) is 9.03. The van der Waals surface area contributed by atoms with E-state index in [0.29, 0.717) is 23.6 Å². The number of carbonyl (C=O) groups excluding carboxylic acids is 1. The molecule has 0 saturated carbocycles. The third-order valence-electron chi connectivity index (χ3n) is 5.77. The Balaban J connectivity index is 1.90. The lowest BCUT2D eigenvalue weighted by Gasteiger charge is -2.13. The Hall–Kier alpha value is -3.84. The summed E-state index contributed by atoms with van der Waals surface area (Å²) < 4.78 is 7.36. The summed E-state index contributed by atoms with van der Waals surface area (Å²) in [7, 11) is 3.28. The van der Waals surface area contributed by atoms with E-state index >= 15 is 0 Å². The summed E-state index contributed by atoms with van der Waals surface area (Å²) in [6.07, 6.45) is 6.59. The van der Waals surface area contributed by atoms with Crippen molar-refractivity contribution in [3.63, 3.8) is 0 Å². The smallest absolute Gasteiger partial charge is 0.251 e. The zero-order valence-electron chi connectivity index (χ0n) is 21.3. The van der Waals surface area contributed by atoms with Gasteiger partial charge in [-0.05, 0) is 57.5 Å². The van der Waals surface area contributed by atoms with E-state index in [9.17, 15) is 4.79 Å². The molecule has 7 nitrogen and oxygen atoms in total. The molecule has 7 heteroatoms. The number of amides is 1. The van der Waals surface area contributed by atoms with Gasteiger partial charge in [0, 0.05) is 36.4 Å². The van der Waals surface area contributed by atoms with Crippen LogP contribution in [-0.2, 0) is 11.3 Å². The molecule has 2 N–H and O–H groups in total. The summed E-state index contributed by atoms with van der Waals surface area (Å²) in [4.78, 5) is 18.6. The Labute approximate surface area is 207 Å². The highest BCUT2D eigenvalue weighted by Crippen LogP contribution is 2.27. The van der Waals surface area contributed by atoms with Crippen LogP contribution >= 0.6 is 0 Å². The molecule has 3 aromatic rings. The summed E-state index contributed by atoms with van der Waals surface area (Å²) >= 11 is 0.